The van der Waals surface area contributed by atoms with E-state index >= 15 is 0 Å². The van der Waals surface area contributed by atoms with E-state index in [0.717, 1.165) is 28.3 Å². The van der Waals surface area contributed by atoms with Crippen molar-refractivity contribution in [3.8, 4) is 34.4 Å². The van der Waals surface area contributed by atoms with E-state index in [2.05, 4.69) is 26.5 Å². The predicted octanol–water partition coefficient (Wildman–Crippen LogP) is 5.49. The molecule has 2 aromatic carbocycles. The Kier molecular flexibility index (Phi) is 5.68. The van der Waals surface area contributed by atoms with E-state index in [1.165, 1.54) is 0 Å². The summed E-state index contributed by atoms with van der Waals surface area (Å²) in [5.41, 5.74) is 4.49. The van der Waals surface area contributed by atoms with Gasteiger partial charge in [-0.1, -0.05) is 65.9 Å². The lowest BCUT2D eigenvalue weighted by Gasteiger charge is -2.02. The van der Waals surface area contributed by atoms with E-state index in [9.17, 15) is 10.1 Å². The van der Waals surface area contributed by atoms with Gasteiger partial charge in [0.25, 0.3) is 5.91 Å². The third kappa shape index (κ3) is 4.20. The Bertz CT molecular complexity index is 1520. The first-order valence-corrected chi connectivity index (χ1v) is 11.3. The number of thiazole rings is 1. The molecular weight excluding hydrogens is 444 g/mol. The van der Waals surface area contributed by atoms with Crippen molar-refractivity contribution in [2.75, 3.05) is 5.32 Å². The van der Waals surface area contributed by atoms with Crippen molar-refractivity contribution in [1.82, 2.24) is 19.7 Å². The molecule has 0 unspecified atom stereocenters. The van der Waals surface area contributed by atoms with Gasteiger partial charge in [-0.25, -0.2) is 9.67 Å². The van der Waals surface area contributed by atoms with E-state index in [-0.39, 0.29) is 5.91 Å². The van der Waals surface area contributed by atoms with Gasteiger partial charge in [0.15, 0.2) is 5.13 Å². The number of anilines is 1. The zero-order valence-corrected chi connectivity index (χ0v) is 19.0. The smallest absolute Gasteiger partial charge is 0.261 e. The van der Waals surface area contributed by atoms with Gasteiger partial charge in [0.05, 0.1) is 16.9 Å². The van der Waals surface area contributed by atoms with Crippen LogP contribution >= 0.6 is 11.3 Å². The number of aryl methyl sites for hydroxylation is 1. The van der Waals surface area contributed by atoms with E-state index in [4.69, 9.17) is 0 Å². The van der Waals surface area contributed by atoms with Crippen LogP contribution in [0.1, 0.15) is 20.9 Å². The van der Waals surface area contributed by atoms with Crippen molar-refractivity contribution in [3.05, 3.63) is 101 Å². The molecule has 0 fully saturated rings. The molecule has 3 heterocycles. The maximum atomic E-state index is 13.4. The molecule has 3 aromatic heterocycles. The maximum Gasteiger partial charge on any atom is 0.261 e. The molecule has 1 N–H and O–H groups in total. The molecule has 34 heavy (non-hydrogen) atoms. The van der Waals surface area contributed by atoms with Crippen LogP contribution in [0.15, 0.2) is 85.1 Å². The number of hydrogen-bond acceptors (Lipinski definition) is 6. The van der Waals surface area contributed by atoms with Crippen molar-refractivity contribution < 1.29 is 4.79 Å². The monoisotopic (exact) mass is 462 g/mol. The van der Waals surface area contributed by atoms with Crippen molar-refractivity contribution >= 4 is 22.4 Å². The minimum absolute atomic E-state index is 0.325. The number of nitriles is 1. The van der Waals surface area contributed by atoms with E-state index in [1.807, 2.05) is 79.7 Å². The Morgan fingerprint density at radius 1 is 0.941 bits per heavy atom. The number of carbonyl (C=O) groups is 1. The highest BCUT2D eigenvalue weighted by molar-refractivity contribution is 7.16. The number of amides is 1. The van der Waals surface area contributed by atoms with Gasteiger partial charge in [0, 0.05) is 17.5 Å². The lowest BCUT2D eigenvalue weighted by Crippen LogP contribution is -2.12. The molecule has 0 bridgehead atoms. The number of hydrogen-bond donors (Lipinski definition) is 1. The standard InChI is InChI=1S/C26H18N6OS/c1-17-9-8-14-21(28-17)24-22(15-27)34-26(29-24)30-25(33)20-16-32(19-12-6-3-7-13-19)31-23(20)18-10-4-2-5-11-18/h2-14,16H,1H3,(H,29,30,33). The molecule has 0 aliphatic heterocycles. The van der Waals surface area contributed by atoms with Crippen LogP contribution in [0.25, 0.3) is 28.3 Å². The summed E-state index contributed by atoms with van der Waals surface area (Å²) in [7, 11) is 0. The summed E-state index contributed by atoms with van der Waals surface area (Å²) < 4.78 is 1.68. The molecule has 1 amide bonds. The molecule has 5 aromatic rings. The zero-order valence-electron chi connectivity index (χ0n) is 18.1. The molecule has 0 atom stereocenters. The summed E-state index contributed by atoms with van der Waals surface area (Å²) in [6.07, 6.45) is 1.70. The Morgan fingerprint density at radius 3 is 2.38 bits per heavy atom. The SMILES string of the molecule is Cc1cccc(-c2nc(NC(=O)c3cn(-c4ccccc4)nc3-c3ccccc3)sc2C#N)n1. The van der Waals surface area contributed by atoms with Crippen molar-refractivity contribution in [2.24, 2.45) is 0 Å². The van der Waals surface area contributed by atoms with Crippen molar-refractivity contribution in [2.45, 2.75) is 6.92 Å². The van der Waals surface area contributed by atoms with Crippen LogP contribution in [0.5, 0.6) is 0 Å². The molecule has 0 spiro atoms. The van der Waals surface area contributed by atoms with Gasteiger partial charge in [-0.2, -0.15) is 10.4 Å². The fourth-order valence-electron chi connectivity index (χ4n) is 3.52. The molecule has 8 heteroatoms. The lowest BCUT2D eigenvalue weighted by atomic mass is 10.1. The van der Waals surface area contributed by atoms with Gasteiger partial charge in [-0.05, 0) is 31.2 Å². The average Bonchev–Trinajstić information content (AvgIpc) is 3.50. The highest BCUT2D eigenvalue weighted by Gasteiger charge is 2.21. The van der Waals surface area contributed by atoms with Gasteiger partial charge >= 0.3 is 0 Å². The lowest BCUT2D eigenvalue weighted by molar-refractivity contribution is 0.102. The highest BCUT2D eigenvalue weighted by atomic mass is 32.1. The van der Waals surface area contributed by atoms with Gasteiger partial charge in [-0.3, -0.25) is 15.1 Å². The number of pyridine rings is 1. The first kappa shape index (κ1) is 21.2. The Balaban J connectivity index is 1.52. The van der Waals surface area contributed by atoms with Crippen LogP contribution in [0.3, 0.4) is 0 Å². The molecule has 0 radical (unpaired) electrons. The van der Waals surface area contributed by atoms with E-state index in [0.29, 0.717) is 32.7 Å². The zero-order chi connectivity index (χ0) is 23.5. The number of nitrogens with one attached hydrogen (secondary N) is 1. The third-order valence-electron chi connectivity index (χ3n) is 5.11. The van der Waals surface area contributed by atoms with Crippen molar-refractivity contribution in [1.29, 1.82) is 5.26 Å². The Labute approximate surface area is 200 Å². The molecule has 0 saturated carbocycles. The van der Waals surface area contributed by atoms with Crippen molar-refractivity contribution in [3.63, 3.8) is 0 Å². The summed E-state index contributed by atoms with van der Waals surface area (Å²) in [4.78, 5) is 22.7. The topological polar surface area (TPSA) is 96.5 Å². The maximum absolute atomic E-state index is 13.4. The minimum atomic E-state index is -0.358. The Hall–Kier alpha value is -4.61. The fraction of sp³-hybridized carbons (Fsp3) is 0.0385. The number of rotatable bonds is 5. The summed E-state index contributed by atoms with van der Waals surface area (Å²) in [5.74, 6) is -0.358. The summed E-state index contributed by atoms with van der Waals surface area (Å²) in [6.45, 7) is 1.88. The van der Waals surface area contributed by atoms with Gasteiger partial charge in [0.2, 0.25) is 0 Å². The first-order valence-electron chi connectivity index (χ1n) is 10.5. The highest BCUT2D eigenvalue weighted by Crippen LogP contribution is 2.31. The molecule has 5 rings (SSSR count). The van der Waals surface area contributed by atoms with Crippen LogP contribution in [0.2, 0.25) is 0 Å². The number of carbonyl (C=O) groups excluding carboxylic acids is 1. The minimum Gasteiger partial charge on any atom is -0.298 e. The van der Waals surface area contributed by atoms with Gasteiger partial charge in [0.1, 0.15) is 22.3 Å². The number of aromatic nitrogens is 4. The molecule has 0 aliphatic rings. The summed E-state index contributed by atoms with van der Waals surface area (Å²) in [5, 5.41) is 17.5. The van der Waals surface area contributed by atoms with Crippen LogP contribution in [0.4, 0.5) is 5.13 Å². The first-order chi connectivity index (χ1) is 16.6. The molecule has 0 saturated heterocycles. The average molecular weight is 463 g/mol. The Morgan fingerprint density at radius 2 is 1.68 bits per heavy atom. The van der Waals surface area contributed by atoms with E-state index < -0.39 is 0 Å². The third-order valence-corrected chi connectivity index (χ3v) is 5.98. The number of nitrogens with zero attached hydrogens (tertiary/aromatic N) is 5. The number of benzene rings is 2. The van der Waals surface area contributed by atoms with Crippen LogP contribution in [-0.4, -0.2) is 25.7 Å². The largest absolute Gasteiger partial charge is 0.298 e. The quantitative estimate of drug-likeness (QED) is 0.372. The predicted molar refractivity (Wildman–Crippen MR) is 132 cm³/mol. The second-order valence-electron chi connectivity index (χ2n) is 7.46. The van der Waals surface area contributed by atoms with Crippen LogP contribution in [0, 0.1) is 18.3 Å². The van der Waals surface area contributed by atoms with Crippen LogP contribution < -0.4 is 5.32 Å². The molecule has 7 nitrogen and oxygen atoms in total. The second kappa shape index (κ2) is 9.10. The number of para-hydroxylation sites is 1. The fourth-order valence-corrected chi connectivity index (χ4v) is 4.29. The van der Waals surface area contributed by atoms with E-state index in [1.54, 1.807) is 16.9 Å². The molecular formula is C26H18N6OS. The van der Waals surface area contributed by atoms with Gasteiger partial charge in [-0.15, -0.1) is 0 Å². The van der Waals surface area contributed by atoms with Gasteiger partial charge < -0.3 is 0 Å². The molecule has 0 aliphatic carbocycles. The summed E-state index contributed by atoms with van der Waals surface area (Å²) in [6, 6.07) is 26.8. The second-order valence-corrected chi connectivity index (χ2v) is 8.46. The molecule has 164 valence electrons. The van der Waals surface area contributed by atoms with Crippen LogP contribution in [-0.2, 0) is 0 Å². The normalized spacial score (nSPS) is 10.6. The summed E-state index contributed by atoms with van der Waals surface area (Å²) >= 11 is 1.12.